The van der Waals surface area contributed by atoms with Crippen molar-refractivity contribution in [1.29, 1.82) is 0 Å². The number of carbonyl (C=O) groups excluding carboxylic acids is 2. The molecule has 0 atom stereocenters. The van der Waals surface area contributed by atoms with Crippen LogP contribution in [0.4, 0.5) is 5.69 Å². The number of amides is 2. The van der Waals surface area contributed by atoms with Crippen molar-refractivity contribution in [3.8, 4) is 5.69 Å². The van der Waals surface area contributed by atoms with Gasteiger partial charge in [-0.05, 0) is 55.8 Å². The van der Waals surface area contributed by atoms with E-state index in [4.69, 9.17) is 12.2 Å². The molecule has 1 aliphatic rings. The topological polar surface area (TPSA) is 63.1 Å². The quantitative estimate of drug-likeness (QED) is 0.640. The van der Waals surface area contributed by atoms with Gasteiger partial charge in [0, 0.05) is 29.7 Å². The van der Waals surface area contributed by atoms with Crippen molar-refractivity contribution in [3.63, 3.8) is 0 Å². The highest BCUT2D eigenvalue weighted by atomic mass is 32.2. The molecule has 2 aromatic rings. The smallest absolute Gasteiger partial charge is 0.263 e. The third kappa shape index (κ3) is 3.67. The van der Waals surface area contributed by atoms with Crippen molar-refractivity contribution in [3.05, 3.63) is 52.2 Å². The Morgan fingerprint density at radius 3 is 2.52 bits per heavy atom. The van der Waals surface area contributed by atoms with E-state index in [1.165, 1.54) is 18.7 Å². The Morgan fingerprint density at radius 2 is 1.96 bits per heavy atom. The highest BCUT2D eigenvalue weighted by molar-refractivity contribution is 8.26. The Labute approximate surface area is 155 Å². The van der Waals surface area contributed by atoms with Gasteiger partial charge in [0.2, 0.25) is 5.91 Å². The molecule has 1 saturated heterocycles. The molecular formula is C18H17N3O2S2. The van der Waals surface area contributed by atoms with Crippen LogP contribution in [-0.4, -0.2) is 20.7 Å². The minimum absolute atomic E-state index is 0.0970. The molecular weight excluding hydrogens is 354 g/mol. The summed E-state index contributed by atoms with van der Waals surface area (Å²) in [5, 5.41) is 5.39. The number of aromatic nitrogens is 1. The van der Waals surface area contributed by atoms with Crippen molar-refractivity contribution < 1.29 is 9.59 Å². The molecule has 0 spiro atoms. The Hall–Kier alpha value is -2.38. The lowest BCUT2D eigenvalue weighted by Crippen LogP contribution is -2.17. The molecule has 2 amide bonds. The van der Waals surface area contributed by atoms with Crippen LogP contribution >= 0.6 is 24.0 Å². The van der Waals surface area contributed by atoms with Gasteiger partial charge in [-0.25, -0.2) is 0 Å². The largest absolute Gasteiger partial charge is 0.326 e. The summed E-state index contributed by atoms with van der Waals surface area (Å²) in [6.45, 7) is 5.51. The molecule has 5 nitrogen and oxygen atoms in total. The van der Waals surface area contributed by atoms with E-state index in [2.05, 4.69) is 15.2 Å². The maximum absolute atomic E-state index is 11.9. The standard InChI is InChI=1S/C18H17N3O2S2/c1-10-8-13(9-16-17(23)20-18(24)25-16)11(2)21(10)15-6-4-14(5-7-15)19-12(3)22/h4-9H,1-3H3,(H,19,22)(H,20,23,24)/b16-9+. The van der Waals surface area contributed by atoms with Gasteiger partial charge in [-0.2, -0.15) is 0 Å². The first kappa shape index (κ1) is 17.4. The van der Waals surface area contributed by atoms with Crippen LogP contribution in [0.5, 0.6) is 0 Å². The second-order valence-corrected chi connectivity index (χ2v) is 7.46. The Morgan fingerprint density at radius 1 is 1.28 bits per heavy atom. The van der Waals surface area contributed by atoms with Crippen LogP contribution in [0.1, 0.15) is 23.9 Å². The Balaban J connectivity index is 1.95. The fourth-order valence-electron chi connectivity index (χ4n) is 2.79. The molecule has 0 bridgehead atoms. The van der Waals surface area contributed by atoms with Gasteiger partial charge >= 0.3 is 0 Å². The number of anilines is 1. The summed E-state index contributed by atoms with van der Waals surface area (Å²) in [7, 11) is 0. The zero-order valence-electron chi connectivity index (χ0n) is 14.0. The van der Waals surface area contributed by atoms with Gasteiger partial charge in [-0.15, -0.1) is 0 Å². The summed E-state index contributed by atoms with van der Waals surface area (Å²) in [5.41, 5.74) is 4.82. The summed E-state index contributed by atoms with van der Waals surface area (Å²) in [6, 6.07) is 9.68. The monoisotopic (exact) mass is 371 g/mol. The van der Waals surface area contributed by atoms with E-state index >= 15 is 0 Å². The summed E-state index contributed by atoms with van der Waals surface area (Å²) in [6.07, 6.45) is 1.86. The average molecular weight is 371 g/mol. The van der Waals surface area contributed by atoms with Gasteiger partial charge < -0.3 is 15.2 Å². The van der Waals surface area contributed by atoms with Crippen LogP contribution in [0.25, 0.3) is 11.8 Å². The van der Waals surface area contributed by atoms with Crippen molar-refractivity contribution in [1.82, 2.24) is 9.88 Å². The molecule has 25 heavy (non-hydrogen) atoms. The lowest BCUT2D eigenvalue weighted by molar-refractivity contribution is -0.115. The Kier molecular flexibility index (Phi) is 4.78. The number of carbonyl (C=O) groups is 2. The number of rotatable bonds is 3. The van der Waals surface area contributed by atoms with Crippen molar-refractivity contribution in [2.45, 2.75) is 20.8 Å². The number of hydrogen-bond donors (Lipinski definition) is 2. The van der Waals surface area contributed by atoms with E-state index in [1.54, 1.807) is 0 Å². The van der Waals surface area contributed by atoms with Crippen LogP contribution < -0.4 is 10.6 Å². The molecule has 128 valence electrons. The zero-order valence-corrected chi connectivity index (χ0v) is 15.7. The predicted molar refractivity (Wildman–Crippen MR) is 106 cm³/mol. The summed E-state index contributed by atoms with van der Waals surface area (Å²) >= 11 is 6.30. The molecule has 0 unspecified atom stereocenters. The third-order valence-electron chi connectivity index (χ3n) is 3.84. The maximum Gasteiger partial charge on any atom is 0.263 e. The van der Waals surface area contributed by atoms with Gasteiger partial charge in [0.15, 0.2) is 0 Å². The fourth-order valence-corrected chi connectivity index (χ4v) is 3.83. The normalized spacial score (nSPS) is 15.6. The number of nitrogens with one attached hydrogen (secondary N) is 2. The number of hydrogen-bond acceptors (Lipinski definition) is 4. The number of thiocarbonyl (C=S) groups is 1. The van der Waals surface area contributed by atoms with Crippen LogP contribution in [0.2, 0.25) is 0 Å². The van der Waals surface area contributed by atoms with Gasteiger partial charge in [0.1, 0.15) is 4.32 Å². The first-order chi connectivity index (χ1) is 11.8. The minimum atomic E-state index is -0.153. The van der Waals surface area contributed by atoms with Gasteiger partial charge in [-0.3, -0.25) is 9.59 Å². The van der Waals surface area contributed by atoms with Gasteiger partial charge in [0.05, 0.1) is 4.91 Å². The Bertz CT molecular complexity index is 911. The lowest BCUT2D eigenvalue weighted by Gasteiger charge is -2.11. The molecule has 2 heterocycles. The SMILES string of the molecule is CC(=O)Nc1ccc(-n2c(C)cc(/C=C3/SC(=S)NC3=O)c2C)cc1. The highest BCUT2D eigenvalue weighted by Crippen LogP contribution is 2.29. The molecule has 2 N–H and O–H groups in total. The maximum atomic E-state index is 11.9. The summed E-state index contributed by atoms with van der Waals surface area (Å²) in [5.74, 6) is -0.250. The minimum Gasteiger partial charge on any atom is -0.326 e. The molecule has 1 aromatic carbocycles. The molecule has 3 rings (SSSR count). The molecule has 1 aromatic heterocycles. The van der Waals surface area contributed by atoms with E-state index in [0.29, 0.717) is 9.23 Å². The van der Waals surface area contributed by atoms with E-state index in [1.807, 2.05) is 50.3 Å². The first-order valence-corrected chi connectivity index (χ1v) is 8.89. The molecule has 1 aliphatic heterocycles. The van der Waals surface area contributed by atoms with Crippen LogP contribution in [0.15, 0.2) is 35.2 Å². The predicted octanol–water partition coefficient (Wildman–Crippen LogP) is 3.54. The van der Waals surface area contributed by atoms with E-state index in [0.717, 1.165) is 28.3 Å². The molecule has 0 saturated carbocycles. The summed E-state index contributed by atoms with van der Waals surface area (Å²) in [4.78, 5) is 23.6. The fraction of sp³-hybridized carbons (Fsp3) is 0.167. The van der Waals surface area contributed by atoms with E-state index in [-0.39, 0.29) is 11.8 Å². The molecule has 0 radical (unpaired) electrons. The second kappa shape index (κ2) is 6.85. The summed E-state index contributed by atoms with van der Waals surface area (Å²) < 4.78 is 2.60. The van der Waals surface area contributed by atoms with Crippen molar-refractivity contribution in [2.24, 2.45) is 0 Å². The first-order valence-electron chi connectivity index (χ1n) is 7.67. The van der Waals surface area contributed by atoms with Crippen LogP contribution in [0, 0.1) is 13.8 Å². The average Bonchev–Trinajstić information content (AvgIpc) is 2.99. The molecule has 7 heteroatoms. The van der Waals surface area contributed by atoms with Crippen molar-refractivity contribution in [2.75, 3.05) is 5.32 Å². The zero-order chi connectivity index (χ0) is 18.1. The van der Waals surface area contributed by atoms with Gasteiger partial charge in [0.25, 0.3) is 5.91 Å². The number of benzene rings is 1. The second-order valence-electron chi connectivity index (χ2n) is 5.74. The van der Waals surface area contributed by atoms with Gasteiger partial charge in [-0.1, -0.05) is 24.0 Å². The van der Waals surface area contributed by atoms with E-state index in [9.17, 15) is 9.59 Å². The third-order valence-corrected chi connectivity index (χ3v) is 5.01. The highest BCUT2D eigenvalue weighted by Gasteiger charge is 2.23. The van der Waals surface area contributed by atoms with E-state index < -0.39 is 0 Å². The lowest BCUT2D eigenvalue weighted by atomic mass is 10.2. The number of aryl methyl sites for hydroxylation is 1. The molecule has 1 fully saturated rings. The van der Waals surface area contributed by atoms with Crippen molar-refractivity contribution >= 4 is 51.9 Å². The number of nitrogens with zero attached hydrogens (tertiary/aromatic N) is 1. The van der Waals surface area contributed by atoms with Crippen LogP contribution in [0.3, 0.4) is 0 Å². The van der Waals surface area contributed by atoms with Crippen LogP contribution in [-0.2, 0) is 9.59 Å². The number of thioether (sulfide) groups is 1. The molecule has 0 aliphatic carbocycles.